The van der Waals surface area contributed by atoms with E-state index in [0.29, 0.717) is 6.54 Å². The van der Waals surface area contributed by atoms with E-state index >= 15 is 0 Å². The summed E-state index contributed by atoms with van der Waals surface area (Å²) in [7, 11) is 0. The van der Waals surface area contributed by atoms with Crippen LogP contribution in [0, 0.1) is 11.3 Å². The number of fused-ring (bicyclic) bond motifs is 1. The van der Waals surface area contributed by atoms with Crippen LogP contribution in [0.25, 0.3) is 0 Å². The Labute approximate surface area is 143 Å². The zero-order valence-electron chi connectivity index (χ0n) is 14.3. The van der Waals surface area contributed by atoms with E-state index in [2.05, 4.69) is 28.8 Å². The number of carbonyl (C=O) groups is 1. The lowest BCUT2D eigenvalue weighted by Gasteiger charge is -2.20. The molecule has 0 fully saturated rings. The maximum Gasteiger partial charge on any atom is 0.263 e. The van der Waals surface area contributed by atoms with Crippen LogP contribution in [0.5, 0.6) is 0 Å². The van der Waals surface area contributed by atoms with Gasteiger partial charge in [-0.05, 0) is 56.2 Å². The van der Waals surface area contributed by atoms with Crippen LogP contribution in [-0.2, 0) is 17.6 Å². The van der Waals surface area contributed by atoms with Crippen molar-refractivity contribution >= 4 is 5.91 Å². The first kappa shape index (κ1) is 18.0. The number of hydrogen-bond donors (Lipinski definition) is 3. The Kier molecular flexibility index (Phi) is 6.39. The van der Waals surface area contributed by atoms with Crippen molar-refractivity contribution < 1.29 is 9.90 Å². The summed E-state index contributed by atoms with van der Waals surface area (Å²) in [5.74, 6) is -0.416. The standard InChI is InChI=1S/C19H25N3O2/c1-13(23)11-21-12-18(10-20)19(24)22-14(2)16-8-7-15-5-3-4-6-17(15)9-16/h7-9,12-14,21,23H,3-6,11H2,1-2H3,(H,22,24)/b18-12-. The molecule has 1 aliphatic carbocycles. The van der Waals surface area contributed by atoms with Crippen molar-refractivity contribution in [3.05, 3.63) is 46.7 Å². The SMILES string of the molecule is CC(O)CN/C=C(/C#N)C(=O)NC(C)c1ccc2c(c1)CCCC2. The van der Waals surface area contributed by atoms with Gasteiger partial charge in [-0.25, -0.2) is 0 Å². The largest absolute Gasteiger partial charge is 0.392 e. The first-order chi connectivity index (χ1) is 11.5. The molecule has 0 aliphatic heterocycles. The molecule has 0 heterocycles. The average Bonchev–Trinajstić information content (AvgIpc) is 2.57. The number of aliphatic hydroxyl groups excluding tert-OH is 1. The predicted molar refractivity (Wildman–Crippen MR) is 93.0 cm³/mol. The summed E-state index contributed by atoms with van der Waals surface area (Å²) in [5, 5.41) is 23.9. The zero-order valence-corrected chi connectivity index (χ0v) is 14.3. The Hall–Kier alpha value is -2.32. The quantitative estimate of drug-likeness (QED) is 0.552. The lowest BCUT2D eigenvalue weighted by atomic mass is 9.89. The van der Waals surface area contributed by atoms with Crippen molar-refractivity contribution in [2.75, 3.05) is 6.54 Å². The molecule has 3 N–H and O–H groups in total. The molecule has 1 aromatic carbocycles. The number of hydrogen-bond acceptors (Lipinski definition) is 4. The van der Waals surface area contributed by atoms with Crippen LogP contribution in [0.2, 0.25) is 0 Å². The molecule has 0 saturated heterocycles. The Bertz CT molecular complexity index is 659. The van der Waals surface area contributed by atoms with Crippen LogP contribution in [0.15, 0.2) is 30.0 Å². The fourth-order valence-electron chi connectivity index (χ4n) is 2.86. The molecule has 1 aliphatic rings. The van der Waals surface area contributed by atoms with E-state index in [1.807, 2.05) is 13.0 Å². The maximum absolute atomic E-state index is 12.2. The molecular weight excluding hydrogens is 302 g/mol. The third-order valence-electron chi connectivity index (χ3n) is 4.24. The summed E-state index contributed by atoms with van der Waals surface area (Å²) >= 11 is 0. The van der Waals surface area contributed by atoms with E-state index in [1.54, 1.807) is 6.92 Å². The van der Waals surface area contributed by atoms with Gasteiger partial charge in [0.1, 0.15) is 11.6 Å². The molecule has 0 spiro atoms. The fourth-order valence-corrected chi connectivity index (χ4v) is 2.86. The van der Waals surface area contributed by atoms with E-state index in [4.69, 9.17) is 5.26 Å². The van der Waals surface area contributed by atoms with Gasteiger partial charge in [-0.15, -0.1) is 0 Å². The predicted octanol–water partition coefficient (Wildman–Crippen LogP) is 2.12. The normalized spacial score (nSPS) is 16.5. The van der Waals surface area contributed by atoms with E-state index < -0.39 is 12.0 Å². The number of nitriles is 1. The summed E-state index contributed by atoms with van der Waals surface area (Å²) < 4.78 is 0. The second kappa shape index (κ2) is 8.51. The van der Waals surface area contributed by atoms with Gasteiger partial charge in [-0.1, -0.05) is 18.2 Å². The van der Waals surface area contributed by atoms with Gasteiger partial charge in [0.25, 0.3) is 5.91 Å². The molecule has 5 nitrogen and oxygen atoms in total. The van der Waals surface area contributed by atoms with Crippen LogP contribution in [0.1, 0.15) is 49.4 Å². The van der Waals surface area contributed by atoms with Crippen molar-refractivity contribution in [1.82, 2.24) is 10.6 Å². The minimum atomic E-state index is -0.543. The number of nitrogens with one attached hydrogen (secondary N) is 2. The van der Waals surface area contributed by atoms with Crippen LogP contribution in [0.4, 0.5) is 0 Å². The minimum Gasteiger partial charge on any atom is -0.392 e. The highest BCUT2D eigenvalue weighted by molar-refractivity contribution is 5.97. The van der Waals surface area contributed by atoms with Gasteiger partial charge in [0.15, 0.2) is 0 Å². The third-order valence-corrected chi connectivity index (χ3v) is 4.24. The van der Waals surface area contributed by atoms with Gasteiger partial charge in [-0.3, -0.25) is 4.79 Å². The van der Waals surface area contributed by atoms with Gasteiger partial charge in [0, 0.05) is 12.7 Å². The van der Waals surface area contributed by atoms with Crippen molar-refractivity contribution in [1.29, 1.82) is 5.26 Å². The van der Waals surface area contributed by atoms with Gasteiger partial charge >= 0.3 is 0 Å². The highest BCUT2D eigenvalue weighted by atomic mass is 16.3. The van der Waals surface area contributed by atoms with Crippen LogP contribution in [-0.4, -0.2) is 23.7 Å². The second-order valence-corrected chi connectivity index (χ2v) is 6.36. The molecule has 2 atom stereocenters. The van der Waals surface area contributed by atoms with Crippen molar-refractivity contribution in [3.63, 3.8) is 0 Å². The molecule has 1 amide bonds. The number of benzene rings is 1. The molecule has 0 bridgehead atoms. The third kappa shape index (κ3) is 4.84. The first-order valence-corrected chi connectivity index (χ1v) is 8.45. The molecule has 1 aromatic rings. The Balaban J connectivity index is 2.01. The zero-order chi connectivity index (χ0) is 17.5. The smallest absolute Gasteiger partial charge is 0.263 e. The number of rotatable bonds is 6. The molecule has 2 rings (SSSR count). The van der Waals surface area contributed by atoms with Gasteiger partial charge in [0.2, 0.25) is 0 Å². The van der Waals surface area contributed by atoms with E-state index in [0.717, 1.165) is 18.4 Å². The minimum absolute atomic E-state index is 0.000426. The molecule has 5 heteroatoms. The molecule has 0 aromatic heterocycles. The molecular formula is C19H25N3O2. The van der Waals surface area contributed by atoms with Crippen LogP contribution < -0.4 is 10.6 Å². The summed E-state index contributed by atoms with van der Waals surface area (Å²) in [5.41, 5.74) is 3.83. The Morgan fingerprint density at radius 1 is 1.33 bits per heavy atom. The number of aliphatic hydroxyl groups is 1. The lowest BCUT2D eigenvalue weighted by Crippen LogP contribution is -2.29. The summed E-state index contributed by atoms with van der Waals surface area (Å²) in [4.78, 5) is 12.2. The highest BCUT2D eigenvalue weighted by Crippen LogP contribution is 2.24. The summed E-state index contributed by atoms with van der Waals surface area (Å²) in [6, 6.07) is 8.09. The van der Waals surface area contributed by atoms with Crippen LogP contribution in [0.3, 0.4) is 0 Å². The van der Waals surface area contributed by atoms with E-state index in [9.17, 15) is 9.90 Å². The average molecular weight is 327 g/mol. The molecule has 128 valence electrons. The number of amides is 1. The van der Waals surface area contributed by atoms with Gasteiger partial charge in [0.05, 0.1) is 12.1 Å². The van der Waals surface area contributed by atoms with Gasteiger partial charge < -0.3 is 15.7 Å². The lowest BCUT2D eigenvalue weighted by molar-refractivity contribution is -0.117. The number of carbonyl (C=O) groups excluding carboxylic acids is 1. The van der Waals surface area contributed by atoms with E-state index in [1.165, 1.54) is 30.2 Å². The molecule has 0 radical (unpaired) electrons. The van der Waals surface area contributed by atoms with Crippen molar-refractivity contribution in [2.24, 2.45) is 0 Å². The Morgan fingerprint density at radius 3 is 2.71 bits per heavy atom. The topological polar surface area (TPSA) is 85.2 Å². The molecule has 2 unspecified atom stereocenters. The van der Waals surface area contributed by atoms with Gasteiger partial charge in [-0.2, -0.15) is 5.26 Å². The van der Waals surface area contributed by atoms with E-state index in [-0.39, 0.29) is 11.6 Å². The summed E-state index contributed by atoms with van der Waals surface area (Å²) in [6.45, 7) is 3.84. The number of nitrogens with zero attached hydrogens (tertiary/aromatic N) is 1. The molecule has 0 saturated carbocycles. The van der Waals surface area contributed by atoms with Crippen molar-refractivity contribution in [2.45, 2.75) is 51.7 Å². The first-order valence-electron chi connectivity index (χ1n) is 8.45. The maximum atomic E-state index is 12.2. The molecule has 24 heavy (non-hydrogen) atoms. The fraction of sp³-hybridized carbons (Fsp3) is 0.474. The number of aryl methyl sites for hydroxylation is 2. The van der Waals surface area contributed by atoms with Crippen LogP contribution >= 0.6 is 0 Å². The highest BCUT2D eigenvalue weighted by Gasteiger charge is 2.16. The van der Waals surface area contributed by atoms with Crippen molar-refractivity contribution in [3.8, 4) is 6.07 Å². The second-order valence-electron chi connectivity index (χ2n) is 6.36. The summed E-state index contributed by atoms with van der Waals surface area (Å²) in [6.07, 6.45) is 5.49. The monoisotopic (exact) mass is 327 g/mol. The Morgan fingerprint density at radius 2 is 2.04 bits per heavy atom.